The Hall–Kier alpha value is -0.870. The first-order valence-electron chi connectivity index (χ1n) is 5.77. The van der Waals surface area contributed by atoms with Crippen LogP contribution in [0.2, 0.25) is 0 Å². The number of amides is 1. The zero-order valence-corrected chi connectivity index (χ0v) is 10.3. The SMILES string of the molecule is CC1CCNCC1NC(=O)Cc1ccsc1. The van der Waals surface area contributed by atoms with Gasteiger partial charge in [0.1, 0.15) is 0 Å². The molecule has 0 aliphatic carbocycles. The summed E-state index contributed by atoms with van der Waals surface area (Å²) in [4.78, 5) is 11.8. The fourth-order valence-electron chi connectivity index (χ4n) is 2.02. The first kappa shape index (κ1) is 11.6. The molecule has 88 valence electrons. The van der Waals surface area contributed by atoms with E-state index in [4.69, 9.17) is 0 Å². The Kier molecular flexibility index (Phi) is 3.96. The van der Waals surface area contributed by atoms with Crippen LogP contribution in [0, 0.1) is 5.92 Å². The lowest BCUT2D eigenvalue weighted by Gasteiger charge is -2.30. The minimum absolute atomic E-state index is 0.138. The Labute approximate surface area is 100 Å². The van der Waals surface area contributed by atoms with Crippen molar-refractivity contribution in [3.63, 3.8) is 0 Å². The molecule has 3 nitrogen and oxygen atoms in total. The molecule has 1 fully saturated rings. The third-order valence-corrected chi connectivity index (χ3v) is 3.85. The van der Waals surface area contributed by atoms with Gasteiger partial charge in [-0.05, 0) is 41.3 Å². The second-order valence-electron chi connectivity index (χ2n) is 4.45. The number of carbonyl (C=O) groups excluding carboxylic acids is 1. The number of thiophene rings is 1. The largest absolute Gasteiger partial charge is 0.352 e. The fourth-order valence-corrected chi connectivity index (χ4v) is 2.69. The molecule has 2 rings (SSSR count). The Balaban J connectivity index is 1.82. The van der Waals surface area contributed by atoms with E-state index >= 15 is 0 Å². The van der Waals surface area contributed by atoms with E-state index in [-0.39, 0.29) is 5.91 Å². The molecule has 0 spiro atoms. The standard InChI is InChI=1S/C12H18N2OS/c1-9-2-4-13-7-11(9)14-12(15)6-10-3-5-16-8-10/h3,5,8-9,11,13H,2,4,6-7H2,1H3,(H,14,15). The molecule has 4 heteroatoms. The van der Waals surface area contributed by atoms with Crippen molar-refractivity contribution in [1.29, 1.82) is 0 Å². The fraction of sp³-hybridized carbons (Fsp3) is 0.583. The van der Waals surface area contributed by atoms with Crippen molar-refractivity contribution in [3.8, 4) is 0 Å². The predicted octanol–water partition coefficient (Wildman–Crippen LogP) is 1.40. The van der Waals surface area contributed by atoms with Gasteiger partial charge in [0, 0.05) is 12.6 Å². The molecule has 0 saturated carbocycles. The van der Waals surface area contributed by atoms with Crippen LogP contribution in [0.25, 0.3) is 0 Å². The lowest BCUT2D eigenvalue weighted by Crippen LogP contribution is -2.50. The highest BCUT2D eigenvalue weighted by Crippen LogP contribution is 2.12. The quantitative estimate of drug-likeness (QED) is 0.836. The van der Waals surface area contributed by atoms with Crippen molar-refractivity contribution in [3.05, 3.63) is 22.4 Å². The van der Waals surface area contributed by atoms with Gasteiger partial charge in [0.05, 0.1) is 6.42 Å². The van der Waals surface area contributed by atoms with Gasteiger partial charge in [-0.15, -0.1) is 0 Å². The molecule has 2 atom stereocenters. The molecule has 1 aromatic heterocycles. The molecule has 1 aliphatic heterocycles. The summed E-state index contributed by atoms with van der Waals surface area (Å²) in [6, 6.07) is 2.30. The maximum Gasteiger partial charge on any atom is 0.224 e. The molecule has 2 unspecified atom stereocenters. The molecular weight excluding hydrogens is 220 g/mol. The van der Waals surface area contributed by atoms with Crippen LogP contribution in [0.1, 0.15) is 18.9 Å². The second-order valence-corrected chi connectivity index (χ2v) is 5.23. The van der Waals surface area contributed by atoms with E-state index in [1.165, 1.54) is 0 Å². The summed E-state index contributed by atoms with van der Waals surface area (Å²) in [5.74, 6) is 0.714. The molecule has 0 radical (unpaired) electrons. The molecule has 1 aliphatic rings. The number of hydrogen-bond donors (Lipinski definition) is 2. The van der Waals surface area contributed by atoms with Crippen LogP contribution >= 0.6 is 11.3 Å². The highest BCUT2D eigenvalue weighted by molar-refractivity contribution is 7.07. The summed E-state index contributed by atoms with van der Waals surface area (Å²) in [6.07, 6.45) is 1.65. The van der Waals surface area contributed by atoms with E-state index in [2.05, 4.69) is 17.6 Å². The van der Waals surface area contributed by atoms with Crippen LogP contribution in [0.4, 0.5) is 0 Å². The summed E-state index contributed by atoms with van der Waals surface area (Å²) in [7, 11) is 0. The van der Waals surface area contributed by atoms with Gasteiger partial charge < -0.3 is 10.6 Å². The lowest BCUT2D eigenvalue weighted by molar-refractivity contribution is -0.121. The van der Waals surface area contributed by atoms with Crippen LogP contribution < -0.4 is 10.6 Å². The lowest BCUT2D eigenvalue weighted by atomic mass is 9.94. The second kappa shape index (κ2) is 5.46. The zero-order chi connectivity index (χ0) is 11.4. The van der Waals surface area contributed by atoms with E-state index in [0.29, 0.717) is 18.4 Å². The summed E-state index contributed by atoms with van der Waals surface area (Å²) in [6.45, 7) is 4.17. The summed E-state index contributed by atoms with van der Waals surface area (Å²) in [5.41, 5.74) is 1.11. The van der Waals surface area contributed by atoms with Crippen molar-refractivity contribution in [1.82, 2.24) is 10.6 Å². The number of rotatable bonds is 3. The normalized spacial score (nSPS) is 25.3. The predicted molar refractivity (Wildman–Crippen MR) is 66.6 cm³/mol. The van der Waals surface area contributed by atoms with E-state index in [1.54, 1.807) is 11.3 Å². The van der Waals surface area contributed by atoms with Gasteiger partial charge in [0.2, 0.25) is 5.91 Å². The Morgan fingerprint density at radius 1 is 1.69 bits per heavy atom. The Morgan fingerprint density at radius 2 is 2.56 bits per heavy atom. The molecule has 16 heavy (non-hydrogen) atoms. The van der Waals surface area contributed by atoms with E-state index in [0.717, 1.165) is 25.1 Å². The van der Waals surface area contributed by atoms with Crippen LogP contribution in [-0.4, -0.2) is 25.0 Å². The van der Waals surface area contributed by atoms with Gasteiger partial charge in [0.25, 0.3) is 0 Å². The Morgan fingerprint density at radius 3 is 3.25 bits per heavy atom. The van der Waals surface area contributed by atoms with E-state index in [9.17, 15) is 4.79 Å². The average molecular weight is 238 g/mol. The number of hydrogen-bond acceptors (Lipinski definition) is 3. The first-order valence-corrected chi connectivity index (χ1v) is 6.71. The van der Waals surface area contributed by atoms with Crippen molar-refractivity contribution in [2.45, 2.75) is 25.8 Å². The highest BCUT2D eigenvalue weighted by Gasteiger charge is 2.22. The van der Waals surface area contributed by atoms with Crippen molar-refractivity contribution < 1.29 is 4.79 Å². The number of piperidine rings is 1. The summed E-state index contributed by atoms with van der Waals surface area (Å²) < 4.78 is 0. The van der Waals surface area contributed by atoms with Crippen LogP contribution in [-0.2, 0) is 11.2 Å². The van der Waals surface area contributed by atoms with Crippen LogP contribution in [0.3, 0.4) is 0 Å². The third kappa shape index (κ3) is 3.06. The van der Waals surface area contributed by atoms with Gasteiger partial charge in [-0.25, -0.2) is 0 Å². The van der Waals surface area contributed by atoms with Crippen LogP contribution in [0.15, 0.2) is 16.8 Å². The average Bonchev–Trinajstić information content (AvgIpc) is 2.74. The molecule has 0 bridgehead atoms. The minimum Gasteiger partial charge on any atom is -0.352 e. The zero-order valence-electron chi connectivity index (χ0n) is 9.53. The molecule has 1 saturated heterocycles. The maximum absolute atomic E-state index is 11.8. The summed E-state index contributed by atoms with van der Waals surface area (Å²) >= 11 is 1.64. The molecule has 1 amide bonds. The topological polar surface area (TPSA) is 41.1 Å². The van der Waals surface area contributed by atoms with Crippen molar-refractivity contribution >= 4 is 17.2 Å². The molecule has 1 aromatic rings. The van der Waals surface area contributed by atoms with Gasteiger partial charge in [-0.1, -0.05) is 6.92 Å². The number of carbonyl (C=O) groups is 1. The van der Waals surface area contributed by atoms with Crippen molar-refractivity contribution in [2.24, 2.45) is 5.92 Å². The first-order chi connectivity index (χ1) is 7.75. The van der Waals surface area contributed by atoms with Gasteiger partial charge in [-0.3, -0.25) is 4.79 Å². The van der Waals surface area contributed by atoms with E-state index in [1.807, 2.05) is 16.8 Å². The van der Waals surface area contributed by atoms with Crippen LogP contribution in [0.5, 0.6) is 0 Å². The van der Waals surface area contributed by atoms with Gasteiger partial charge in [0.15, 0.2) is 0 Å². The smallest absolute Gasteiger partial charge is 0.224 e. The Bertz CT molecular complexity index is 337. The maximum atomic E-state index is 11.8. The minimum atomic E-state index is 0.138. The molecule has 0 aromatic carbocycles. The van der Waals surface area contributed by atoms with E-state index < -0.39 is 0 Å². The third-order valence-electron chi connectivity index (χ3n) is 3.12. The number of nitrogens with one attached hydrogen (secondary N) is 2. The van der Waals surface area contributed by atoms with Gasteiger partial charge in [-0.2, -0.15) is 11.3 Å². The summed E-state index contributed by atoms with van der Waals surface area (Å²) in [5, 5.41) is 10.5. The monoisotopic (exact) mass is 238 g/mol. The van der Waals surface area contributed by atoms with Gasteiger partial charge >= 0.3 is 0 Å². The molecule has 2 N–H and O–H groups in total. The molecule has 2 heterocycles. The van der Waals surface area contributed by atoms with Crippen molar-refractivity contribution in [2.75, 3.05) is 13.1 Å². The molecular formula is C12H18N2OS. The highest BCUT2D eigenvalue weighted by atomic mass is 32.1.